The third kappa shape index (κ3) is 2.98. The van der Waals surface area contributed by atoms with E-state index < -0.39 is 0 Å². The highest BCUT2D eigenvalue weighted by Gasteiger charge is 2.32. The first-order valence-electron chi connectivity index (χ1n) is 6.61. The maximum Gasteiger partial charge on any atom is 0.286 e. The molecular weight excluding hydrogens is 274 g/mol. The van der Waals surface area contributed by atoms with Crippen molar-refractivity contribution < 1.29 is 14.3 Å². The summed E-state index contributed by atoms with van der Waals surface area (Å²) in [6.07, 6.45) is 0.567. The number of nitrogens with one attached hydrogen (secondary N) is 1. The normalized spacial score (nSPS) is 18.6. The van der Waals surface area contributed by atoms with Crippen molar-refractivity contribution in [1.82, 2.24) is 5.32 Å². The van der Waals surface area contributed by atoms with Gasteiger partial charge in [0, 0.05) is 0 Å². The van der Waals surface area contributed by atoms with Crippen LogP contribution in [0.1, 0.15) is 36.5 Å². The lowest BCUT2D eigenvalue weighted by molar-refractivity contribution is -0.118. The van der Waals surface area contributed by atoms with Crippen LogP contribution in [0.15, 0.2) is 12.1 Å². The second kappa shape index (κ2) is 5.87. The van der Waals surface area contributed by atoms with Gasteiger partial charge >= 0.3 is 0 Å². The third-order valence-corrected chi connectivity index (χ3v) is 4.46. The number of ether oxygens (including phenoxy) is 1. The molecule has 0 unspecified atom stereocenters. The molecule has 1 fully saturated rings. The summed E-state index contributed by atoms with van der Waals surface area (Å²) in [7, 11) is 1.67. The van der Waals surface area contributed by atoms with E-state index in [1.54, 1.807) is 7.11 Å². The number of hydrogen-bond acceptors (Lipinski definition) is 4. The first-order chi connectivity index (χ1) is 9.42. The number of rotatable bonds is 4. The van der Waals surface area contributed by atoms with Crippen LogP contribution in [0.3, 0.4) is 0 Å². The summed E-state index contributed by atoms with van der Waals surface area (Å²) in [5.74, 6) is 1.03. The Morgan fingerprint density at radius 2 is 2.05 bits per heavy atom. The molecule has 0 spiro atoms. The predicted molar refractivity (Wildman–Crippen MR) is 80.4 cm³/mol. The number of hydrogen-bond donors (Lipinski definition) is 1. The highest BCUT2D eigenvalue weighted by atomic mass is 32.2. The average Bonchev–Trinajstić information content (AvgIpc) is 2.69. The SMILES string of the molecule is COc1cc(C)c(C[C@H]2SC(=O)NC2=O)cc1C(C)C. The number of benzene rings is 1. The van der Waals surface area contributed by atoms with Crippen LogP contribution < -0.4 is 10.1 Å². The van der Waals surface area contributed by atoms with Crippen LogP contribution in [0, 0.1) is 6.92 Å². The van der Waals surface area contributed by atoms with Crippen molar-refractivity contribution >= 4 is 22.9 Å². The lowest BCUT2D eigenvalue weighted by Crippen LogP contribution is -2.25. The largest absolute Gasteiger partial charge is 0.496 e. The molecule has 4 nitrogen and oxygen atoms in total. The second-order valence-electron chi connectivity index (χ2n) is 5.26. The minimum Gasteiger partial charge on any atom is -0.496 e. The van der Waals surface area contributed by atoms with Gasteiger partial charge in [0.05, 0.1) is 12.4 Å². The molecule has 1 aromatic carbocycles. The van der Waals surface area contributed by atoms with Crippen molar-refractivity contribution in [3.05, 3.63) is 28.8 Å². The lowest BCUT2D eigenvalue weighted by Gasteiger charge is -2.17. The Labute approximate surface area is 123 Å². The zero-order valence-electron chi connectivity index (χ0n) is 12.1. The van der Waals surface area contributed by atoms with Gasteiger partial charge in [0.15, 0.2) is 0 Å². The molecule has 1 aromatic rings. The van der Waals surface area contributed by atoms with E-state index in [0.717, 1.165) is 34.2 Å². The van der Waals surface area contributed by atoms with Gasteiger partial charge in [0.1, 0.15) is 5.75 Å². The first kappa shape index (κ1) is 14.9. The van der Waals surface area contributed by atoms with Gasteiger partial charge in [-0.2, -0.15) is 0 Å². The second-order valence-corrected chi connectivity index (χ2v) is 6.44. The fourth-order valence-corrected chi connectivity index (χ4v) is 3.17. The van der Waals surface area contributed by atoms with E-state index in [0.29, 0.717) is 12.3 Å². The van der Waals surface area contributed by atoms with Gasteiger partial charge in [-0.25, -0.2) is 0 Å². The predicted octanol–water partition coefficient (Wildman–Crippen LogP) is 3.02. The standard InChI is InChI=1S/C15H19NO3S/c1-8(2)11-6-10(9(3)5-12(11)19-4)7-13-14(17)16-15(18)20-13/h5-6,8,13H,7H2,1-4H3,(H,16,17,18)/t13-/m1/s1. The van der Waals surface area contributed by atoms with Gasteiger partial charge in [0.2, 0.25) is 5.91 Å². The number of thioether (sulfide) groups is 1. The van der Waals surface area contributed by atoms with E-state index in [-0.39, 0.29) is 16.4 Å². The van der Waals surface area contributed by atoms with Crippen molar-refractivity contribution in [2.45, 2.75) is 38.4 Å². The molecule has 5 heteroatoms. The minimum absolute atomic E-state index is 0.193. The maximum absolute atomic E-state index is 11.7. The summed E-state index contributed by atoms with van der Waals surface area (Å²) in [6.45, 7) is 6.22. The summed E-state index contributed by atoms with van der Waals surface area (Å²) < 4.78 is 5.41. The Balaban J connectivity index is 2.30. The Morgan fingerprint density at radius 3 is 2.55 bits per heavy atom. The van der Waals surface area contributed by atoms with Gasteiger partial charge in [-0.15, -0.1) is 0 Å². The van der Waals surface area contributed by atoms with Crippen LogP contribution in [-0.2, 0) is 11.2 Å². The monoisotopic (exact) mass is 293 g/mol. The van der Waals surface area contributed by atoms with Gasteiger partial charge < -0.3 is 4.74 Å². The van der Waals surface area contributed by atoms with E-state index in [9.17, 15) is 9.59 Å². The Bertz CT molecular complexity index is 554. The van der Waals surface area contributed by atoms with Crippen molar-refractivity contribution in [2.75, 3.05) is 7.11 Å². The summed E-state index contributed by atoms with van der Waals surface area (Å²) in [4.78, 5) is 22.9. The Hall–Kier alpha value is -1.49. The molecule has 0 radical (unpaired) electrons. The first-order valence-corrected chi connectivity index (χ1v) is 7.49. The quantitative estimate of drug-likeness (QED) is 0.927. The fraction of sp³-hybridized carbons (Fsp3) is 0.467. The van der Waals surface area contributed by atoms with E-state index in [1.807, 2.05) is 13.0 Å². The third-order valence-electron chi connectivity index (χ3n) is 3.48. The van der Waals surface area contributed by atoms with E-state index in [4.69, 9.17) is 4.74 Å². The molecular formula is C15H19NO3S. The molecule has 1 aliphatic heterocycles. The van der Waals surface area contributed by atoms with Gasteiger partial charge in [-0.1, -0.05) is 31.7 Å². The summed E-state index contributed by atoms with van der Waals surface area (Å²) in [5.41, 5.74) is 3.30. The molecule has 2 rings (SSSR count). The van der Waals surface area contributed by atoms with Crippen LogP contribution in [0.25, 0.3) is 0 Å². The number of imide groups is 1. The van der Waals surface area contributed by atoms with Crippen molar-refractivity contribution in [3.63, 3.8) is 0 Å². The van der Waals surface area contributed by atoms with Crippen molar-refractivity contribution in [1.29, 1.82) is 0 Å². The molecule has 0 aromatic heterocycles. The van der Waals surface area contributed by atoms with Crippen LogP contribution in [-0.4, -0.2) is 23.5 Å². The molecule has 1 N–H and O–H groups in total. The van der Waals surface area contributed by atoms with E-state index in [1.165, 1.54) is 0 Å². The number of amides is 2. The van der Waals surface area contributed by atoms with Crippen LogP contribution >= 0.6 is 11.8 Å². The molecule has 1 aliphatic rings. The highest BCUT2D eigenvalue weighted by molar-refractivity contribution is 8.15. The van der Waals surface area contributed by atoms with E-state index >= 15 is 0 Å². The topological polar surface area (TPSA) is 55.4 Å². The van der Waals surface area contributed by atoms with E-state index in [2.05, 4.69) is 25.2 Å². The Morgan fingerprint density at radius 1 is 1.35 bits per heavy atom. The number of aryl methyl sites for hydroxylation is 1. The molecule has 1 saturated heterocycles. The summed E-state index contributed by atoms with van der Waals surface area (Å²) in [6, 6.07) is 4.10. The number of methoxy groups -OCH3 is 1. The minimum atomic E-state index is -0.324. The van der Waals surface area contributed by atoms with Crippen molar-refractivity contribution in [3.8, 4) is 5.75 Å². The smallest absolute Gasteiger partial charge is 0.286 e. The highest BCUT2D eigenvalue weighted by Crippen LogP contribution is 2.32. The zero-order chi connectivity index (χ0) is 14.9. The fourth-order valence-electron chi connectivity index (χ4n) is 2.32. The van der Waals surface area contributed by atoms with Gasteiger partial charge in [-0.3, -0.25) is 14.9 Å². The Kier molecular flexibility index (Phi) is 4.38. The summed E-state index contributed by atoms with van der Waals surface area (Å²) >= 11 is 1.07. The zero-order valence-corrected chi connectivity index (χ0v) is 13.0. The number of carbonyl (C=O) groups excluding carboxylic acids is 2. The van der Waals surface area contributed by atoms with Gasteiger partial charge in [0.25, 0.3) is 5.24 Å². The van der Waals surface area contributed by atoms with Gasteiger partial charge in [-0.05, 0) is 42.0 Å². The average molecular weight is 293 g/mol. The lowest BCUT2D eigenvalue weighted by atomic mass is 9.94. The van der Waals surface area contributed by atoms with Crippen LogP contribution in [0.5, 0.6) is 5.75 Å². The number of carbonyl (C=O) groups is 2. The summed E-state index contributed by atoms with van der Waals surface area (Å²) in [5, 5.41) is 1.75. The molecule has 0 saturated carbocycles. The molecule has 2 amide bonds. The maximum atomic E-state index is 11.7. The molecule has 0 aliphatic carbocycles. The molecule has 108 valence electrons. The molecule has 0 bridgehead atoms. The molecule has 20 heavy (non-hydrogen) atoms. The molecule has 1 heterocycles. The van der Waals surface area contributed by atoms with Crippen LogP contribution in [0.4, 0.5) is 4.79 Å². The van der Waals surface area contributed by atoms with Crippen molar-refractivity contribution in [2.24, 2.45) is 0 Å². The molecule has 1 atom stereocenters. The van der Waals surface area contributed by atoms with Crippen LogP contribution in [0.2, 0.25) is 0 Å².